The van der Waals surface area contributed by atoms with Gasteiger partial charge in [0.05, 0.1) is 0 Å². The predicted molar refractivity (Wildman–Crippen MR) is 77.0 cm³/mol. The molecule has 0 saturated carbocycles. The van der Waals surface area contributed by atoms with E-state index in [1.54, 1.807) is 18.5 Å². The Morgan fingerprint density at radius 2 is 1.68 bits per heavy atom. The minimum atomic E-state index is -1.49. The molecule has 0 saturated heterocycles. The van der Waals surface area contributed by atoms with Gasteiger partial charge in [0.1, 0.15) is 0 Å². The molecule has 1 aromatic heterocycles. The molecule has 19 heavy (non-hydrogen) atoms. The van der Waals surface area contributed by atoms with Crippen LogP contribution in [0.5, 0.6) is 0 Å². The van der Waals surface area contributed by atoms with Crippen LogP contribution in [0.4, 0.5) is 0 Å². The fourth-order valence-electron chi connectivity index (χ4n) is 2.25. The zero-order valence-corrected chi connectivity index (χ0v) is 10.2. The van der Waals surface area contributed by atoms with Gasteiger partial charge in [0.15, 0.2) is 0 Å². The summed E-state index contributed by atoms with van der Waals surface area (Å²) in [7, 11) is -1.49. The van der Waals surface area contributed by atoms with Crippen molar-refractivity contribution >= 4 is 23.4 Å². The smallest absolute Gasteiger partial charge is 0.423 e. The zero-order chi connectivity index (χ0) is 13.2. The van der Waals surface area contributed by atoms with Crippen LogP contribution >= 0.6 is 0 Å². The van der Waals surface area contributed by atoms with Crippen molar-refractivity contribution in [3.63, 3.8) is 0 Å². The Kier molecular flexibility index (Phi) is 3.03. The molecule has 92 valence electrons. The number of hydrogen-bond acceptors (Lipinski definition) is 3. The lowest BCUT2D eigenvalue weighted by atomic mass is 9.76. The van der Waals surface area contributed by atoms with Crippen LogP contribution in [0.25, 0.3) is 21.9 Å². The molecule has 0 amide bonds. The van der Waals surface area contributed by atoms with Gasteiger partial charge in [-0.1, -0.05) is 36.4 Å². The van der Waals surface area contributed by atoms with Crippen molar-refractivity contribution in [3.05, 3.63) is 60.9 Å². The summed E-state index contributed by atoms with van der Waals surface area (Å²) in [6, 6.07) is 15.4. The fraction of sp³-hybridized carbons (Fsp3) is 0. The van der Waals surface area contributed by atoms with E-state index in [0.717, 1.165) is 21.9 Å². The molecule has 0 fully saturated rings. The Hall–Kier alpha value is -2.17. The van der Waals surface area contributed by atoms with Crippen molar-refractivity contribution in [1.82, 2.24) is 4.98 Å². The third-order valence-corrected chi connectivity index (χ3v) is 3.17. The number of pyridine rings is 1. The van der Waals surface area contributed by atoms with E-state index >= 15 is 0 Å². The minimum Gasteiger partial charge on any atom is -0.423 e. The van der Waals surface area contributed by atoms with Crippen LogP contribution in [-0.2, 0) is 0 Å². The lowest BCUT2D eigenvalue weighted by Crippen LogP contribution is -2.30. The molecule has 3 aromatic rings. The van der Waals surface area contributed by atoms with Crippen LogP contribution in [-0.4, -0.2) is 22.2 Å². The fourth-order valence-corrected chi connectivity index (χ4v) is 2.25. The van der Waals surface area contributed by atoms with Gasteiger partial charge in [0.2, 0.25) is 0 Å². The first-order valence-corrected chi connectivity index (χ1v) is 6.05. The summed E-state index contributed by atoms with van der Waals surface area (Å²) in [5.74, 6) is 0. The first kappa shape index (κ1) is 11.9. The van der Waals surface area contributed by atoms with Gasteiger partial charge >= 0.3 is 7.12 Å². The summed E-state index contributed by atoms with van der Waals surface area (Å²) in [6.45, 7) is 0. The Morgan fingerprint density at radius 1 is 0.895 bits per heavy atom. The first-order valence-electron chi connectivity index (χ1n) is 6.05. The normalized spacial score (nSPS) is 10.6. The molecular formula is C15H12BNO2. The maximum Gasteiger partial charge on any atom is 0.489 e. The lowest BCUT2D eigenvalue weighted by molar-refractivity contribution is 0.426. The molecule has 0 aliphatic heterocycles. The summed E-state index contributed by atoms with van der Waals surface area (Å²) in [5.41, 5.74) is 2.48. The molecule has 0 bridgehead atoms. The average molecular weight is 249 g/mol. The summed E-state index contributed by atoms with van der Waals surface area (Å²) in [5, 5.41) is 20.8. The third-order valence-electron chi connectivity index (χ3n) is 3.17. The van der Waals surface area contributed by atoms with E-state index in [2.05, 4.69) is 4.98 Å². The monoisotopic (exact) mass is 249 g/mol. The Bertz CT molecular complexity index is 714. The molecule has 0 aliphatic carbocycles. The maximum absolute atomic E-state index is 9.53. The quantitative estimate of drug-likeness (QED) is 0.678. The van der Waals surface area contributed by atoms with Gasteiger partial charge < -0.3 is 10.0 Å². The van der Waals surface area contributed by atoms with Crippen molar-refractivity contribution in [1.29, 1.82) is 0 Å². The highest BCUT2D eigenvalue weighted by Crippen LogP contribution is 2.22. The van der Waals surface area contributed by atoms with Crippen LogP contribution in [0.15, 0.2) is 60.9 Å². The molecule has 2 N–H and O–H groups in total. The standard InChI is InChI=1S/C15H12BNO2/c18-16(19)15-9-12(11-4-2-1-3-5-11)8-13-10-17-7-6-14(13)15/h1-10,18-19H. The van der Waals surface area contributed by atoms with Gasteiger partial charge in [-0.15, -0.1) is 0 Å². The largest absolute Gasteiger partial charge is 0.489 e. The molecule has 1 heterocycles. The van der Waals surface area contributed by atoms with Crippen LogP contribution in [0.3, 0.4) is 0 Å². The van der Waals surface area contributed by atoms with E-state index in [1.807, 2.05) is 42.5 Å². The van der Waals surface area contributed by atoms with Crippen LogP contribution in [0.1, 0.15) is 0 Å². The van der Waals surface area contributed by atoms with Crippen molar-refractivity contribution in [2.45, 2.75) is 0 Å². The molecule has 0 unspecified atom stereocenters. The highest BCUT2D eigenvalue weighted by atomic mass is 16.4. The molecule has 3 rings (SSSR count). The van der Waals surface area contributed by atoms with Crippen molar-refractivity contribution < 1.29 is 10.0 Å². The maximum atomic E-state index is 9.53. The molecule has 0 aliphatic rings. The molecule has 0 spiro atoms. The molecule has 2 aromatic carbocycles. The average Bonchev–Trinajstić information content (AvgIpc) is 2.47. The predicted octanol–water partition coefficient (Wildman–Crippen LogP) is 1.58. The second-order valence-corrected chi connectivity index (χ2v) is 4.40. The highest BCUT2D eigenvalue weighted by molar-refractivity contribution is 6.62. The van der Waals surface area contributed by atoms with E-state index in [9.17, 15) is 10.0 Å². The molecule has 3 nitrogen and oxygen atoms in total. The Labute approximate surface area is 111 Å². The van der Waals surface area contributed by atoms with E-state index in [0.29, 0.717) is 5.46 Å². The lowest BCUT2D eigenvalue weighted by Gasteiger charge is -2.09. The number of benzene rings is 2. The number of hydrogen-bond donors (Lipinski definition) is 2. The van der Waals surface area contributed by atoms with Gasteiger partial charge in [-0.25, -0.2) is 0 Å². The number of aromatic nitrogens is 1. The van der Waals surface area contributed by atoms with Gasteiger partial charge in [0.25, 0.3) is 0 Å². The highest BCUT2D eigenvalue weighted by Gasteiger charge is 2.16. The third kappa shape index (κ3) is 2.23. The van der Waals surface area contributed by atoms with E-state index in [1.165, 1.54) is 0 Å². The zero-order valence-electron chi connectivity index (χ0n) is 10.2. The van der Waals surface area contributed by atoms with Crippen LogP contribution < -0.4 is 5.46 Å². The van der Waals surface area contributed by atoms with E-state index in [-0.39, 0.29) is 0 Å². The van der Waals surface area contributed by atoms with Crippen molar-refractivity contribution in [3.8, 4) is 11.1 Å². The first-order chi connectivity index (χ1) is 9.25. The second-order valence-electron chi connectivity index (χ2n) is 4.40. The summed E-state index contributed by atoms with van der Waals surface area (Å²) >= 11 is 0. The summed E-state index contributed by atoms with van der Waals surface area (Å²) in [6.07, 6.45) is 3.38. The molecule has 0 radical (unpaired) electrons. The Balaban J connectivity index is 2.28. The van der Waals surface area contributed by atoms with Crippen LogP contribution in [0, 0.1) is 0 Å². The summed E-state index contributed by atoms with van der Waals surface area (Å²) in [4.78, 5) is 4.08. The number of fused-ring (bicyclic) bond motifs is 1. The van der Waals surface area contributed by atoms with Crippen LogP contribution in [0.2, 0.25) is 0 Å². The van der Waals surface area contributed by atoms with Gasteiger partial charge in [-0.2, -0.15) is 0 Å². The van der Waals surface area contributed by atoms with E-state index in [4.69, 9.17) is 0 Å². The second kappa shape index (κ2) is 4.84. The topological polar surface area (TPSA) is 53.4 Å². The molecule has 0 atom stereocenters. The van der Waals surface area contributed by atoms with Crippen molar-refractivity contribution in [2.75, 3.05) is 0 Å². The number of rotatable bonds is 2. The van der Waals surface area contributed by atoms with Gasteiger partial charge in [-0.3, -0.25) is 4.98 Å². The van der Waals surface area contributed by atoms with Gasteiger partial charge in [0, 0.05) is 17.8 Å². The van der Waals surface area contributed by atoms with Gasteiger partial charge in [-0.05, 0) is 34.1 Å². The SMILES string of the molecule is OB(O)c1cc(-c2ccccc2)cc2cnccc12. The van der Waals surface area contributed by atoms with E-state index < -0.39 is 7.12 Å². The number of nitrogens with zero attached hydrogens (tertiary/aromatic N) is 1. The Morgan fingerprint density at radius 3 is 2.42 bits per heavy atom. The molecular weight excluding hydrogens is 237 g/mol. The van der Waals surface area contributed by atoms with Crippen molar-refractivity contribution in [2.24, 2.45) is 0 Å². The molecule has 4 heteroatoms. The summed E-state index contributed by atoms with van der Waals surface area (Å²) < 4.78 is 0. The minimum absolute atomic E-state index is 0.499.